The van der Waals surface area contributed by atoms with Gasteiger partial charge in [0.15, 0.2) is 10.9 Å². The SMILES string of the molecule is C=CCn1c(SCc2cn3c(C)cc(C)nc3n2)nnc1-c1ccco1. The van der Waals surface area contributed by atoms with Crippen molar-refractivity contribution in [2.24, 2.45) is 0 Å². The molecule has 4 rings (SSSR count). The van der Waals surface area contributed by atoms with Crippen molar-refractivity contribution in [3.8, 4) is 11.6 Å². The average molecular weight is 366 g/mol. The number of imidazole rings is 1. The maximum Gasteiger partial charge on any atom is 0.234 e. The Morgan fingerprint density at radius 1 is 1.27 bits per heavy atom. The van der Waals surface area contributed by atoms with Gasteiger partial charge in [0.2, 0.25) is 11.6 Å². The number of aromatic nitrogens is 6. The van der Waals surface area contributed by atoms with Gasteiger partial charge in [-0.15, -0.1) is 16.8 Å². The average Bonchev–Trinajstić information content (AvgIpc) is 3.32. The highest BCUT2D eigenvalue weighted by atomic mass is 32.2. The molecule has 26 heavy (non-hydrogen) atoms. The summed E-state index contributed by atoms with van der Waals surface area (Å²) in [5, 5.41) is 9.38. The molecular weight excluding hydrogens is 348 g/mol. The lowest BCUT2D eigenvalue weighted by Gasteiger charge is -2.05. The summed E-state index contributed by atoms with van der Waals surface area (Å²) in [5.74, 6) is 2.78. The van der Waals surface area contributed by atoms with Crippen LogP contribution in [0.4, 0.5) is 0 Å². The largest absolute Gasteiger partial charge is 0.461 e. The molecule has 0 N–H and O–H groups in total. The predicted molar refractivity (Wildman–Crippen MR) is 99.9 cm³/mol. The van der Waals surface area contributed by atoms with Crippen molar-refractivity contribution in [3.63, 3.8) is 0 Å². The molecule has 8 heteroatoms. The minimum absolute atomic E-state index is 0.608. The van der Waals surface area contributed by atoms with Crippen molar-refractivity contribution in [2.45, 2.75) is 31.3 Å². The second kappa shape index (κ2) is 6.80. The minimum atomic E-state index is 0.608. The molecule has 0 bridgehead atoms. The Morgan fingerprint density at radius 3 is 2.92 bits per heavy atom. The lowest BCUT2D eigenvalue weighted by molar-refractivity contribution is 0.569. The molecule has 4 heterocycles. The normalized spacial score (nSPS) is 11.3. The summed E-state index contributed by atoms with van der Waals surface area (Å²) in [5.41, 5.74) is 3.03. The van der Waals surface area contributed by atoms with Crippen molar-refractivity contribution in [3.05, 3.63) is 60.4 Å². The molecular formula is C18H18N6OS. The smallest absolute Gasteiger partial charge is 0.234 e. The Labute approximate surface area is 154 Å². The fourth-order valence-electron chi connectivity index (χ4n) is 2.80. The molecule has 0 unspecified atom stereocenters. The third kappa shape index (κ3) is 3.03. The molecule has 0 aliphatic rings. The first-order chi connectivity index (χ1) is 12.7. The van der Waals surface area contributed by atoms with E-state index in [1.807, 2.05) is 46.4 Å². The zero-order valence-electron chi connectivity index (χ0n) is 14.6. The molecule has 0 saturated heterocycles. The van der Waals surface area contributed by atoms with Crippen LogP contribution in [-0.2, 0) is 12.3 Å². The standard InChI is InChI=1S/C18H18N6OS/c1-4-7-23-16(15-6-5-8-25-15)21-22-18(23)26-11-14-10-24-13(3)9-12(2)19-17(24)20-14/h4-6,8-10H,1,7,11H2,2-3H3. The van der Waals surface area contributed by atoms with Gasteiger partial charge in [0.25, 0.3) is 0 Å². The fraction of sp³-hybridized carbons (Fsp3) is 0.222. The second-order valence-electron chi connectivity index (χ2n) is 5.91. The highest BCUT2D eigenvalue weighted by Gasteiger charge is 2.16. The van der Waals surface area contributed by atoms with Crippen molar-refractivity contribution in [1.29, 1.82) is 0 Å². The molecule has 132 valence electrons. The topological polar surface area (TPSA) is 74.0 Å². The van der Waals surface area contributed by atoms with Gasteiger partial charge in [-0.05, 0) is 32.0 Å². The quantitative estimate of drug-likeness (QED) is 0.383. The molecule has 7 nitrogen and oxygen atoms in total. The molecule has 0 aliphatic carbocycles. The van der Waals surface area contributed by atoms with E-state index in [0.717, 1.165) is 28.0 Å². The van der Waals surface area contributed by atoms with E-state index in [0.29, 0.717) is 23.9 Å². The number of allylic oxidation sites excluding steroid dienone is 1. The molecule has 4 aromatic rings. The number of hydrogen-bond acceptors (Lipinski definition) is 6. The first kappa shape index (κ1) is 16.6. The van der Waals surface area contributed by atoms with E-state index in [-0.39, 0.29) is 0 Å². The van der Waals surface area contributed by atoms with Gasteiger partial charge >= 0.3 is 0 Å². The van der Waals surface area contributed by atoms with E-state index in [9.17, 15) is 0 Å². The number of hydrogen-bond donors (Lipinski definition) is 0. The molecule has 0 atom stereocenters. The molecule has 0 saturated carbocycles. The number of nitrogens with zero attached hydrogens (tertiary/aromatic N) is 6. The van der Waals surface area contributed by atoms with E-state index in [4.69, 9.17) is 4.42 Å². The van der Waals surface area contributed by atoms with Gasteiger partial charge in [-0.2, -0.15) is 0 Å². The van der Waals surface area contributed by atoms with Gasteiger partial charge in [0, 0.05) is 29.9 Å². The second-order valence-corrected chi connectivity index (χ2v) is 6.86. The van der Waals surface area contributed by atoms with E-state index in [1.165, 1.54) is 0 Å². The lowest BCUT2D eigenvalue weighted by atomic mass is 10.3. The van der Waals surface area contributed by atoms with Gasteiger partial charge in [0.05, 0.1) is 12.0 Å². The first-order valence-electron chi connectivity index (χ1n) is 8.18. The van der Waals surface area contributed by atoms with Crippen LogP contribution in [0, 0.1) is 13.8 Å². The number of furan rings is 1. The zero-order chi connectivity index (χ0) is 18.1. The van der Waals surface area contributed by atoms with Crippen LogP contribution in [0.25, 0.3) is 17.4 Å². The van der Waals surface area contributed by atoms with Crippen LogP contribution in [-0.4, -0.2) is 29.1 Å². The van der Waals surface area contributed by atoms with Crippen LogP contribution >= 0.6 is 11.8 Å². The molecule has 0 fully saturated rings. The number of aryl methyl sites for hydroxylation is 2. The van der Waals surface area contributed by atoms with Crippen LogP contribution in [0.1, 0.15) is 17.1 Å². The maximum absolute atomic E-state index is 5.46. The van der Waals surface area contributed by atoms with Gasteiger partial charge in [0.1, 0.15) is 0 Å². The van der Waals surface area contributed by atoms with Gasteiger partial charge in [-0.1, -0.05) is 17.8 Å². The summed E-state index contributed by atoms with van der Waals surface area (Å²) in [6.45, 7) is 8.46. The molecule has 0 amide bonds. The number of fused-ring (bicyclic) bond motifs is 1. The Bertz CT molecular complexity index is 1060. The monoisotopic (exact) mass is 366 g/mol. The van der Waals surface area contributed by atoms with Crippen LogP contribution in [0.2, 0.25) is 0 Å². The van der Waals surface area contributed by atoms with E-state index in [2.05, 4.69) is 33.7 Å². The minimum Gasteiger partial charge on any atom is -0.461 e. The predicted octanol–water partition coefficient (Wildman–Crippen LogP) is 3.68. The van der Waals surface area contributed by atoms with Crippen molar-refractivity contribution < 1.29 is 4.42 Å². The Hall–Kier alpha value is -2.87. The number of rotatable bonds is 6. The van der Waals surface area contributed by atoms with Crippen LogP contribution < -0.4 is 0 Å². The fourth-order valence-corrected chi connectivity index (χ4v) is 3.63. The van der Waals surface area contributed by atoms with Crippen LogP contribution in [0.3, 0.4) is 0 Å². The zero-order valence-corrected chi connectivity index (χ0v) is 15.4. The van der Waals surface area contributed by atoms with Crippen molar-refractivity contribution in [1.82, 2.24) is 29.1 Å². The molecule has 4 aromatic heterocycles. The van der Waals surface area contributed by atoms with Crippen LogP contribution in [0.5, 0.6) is 0 Å². The Morgan fingerprint density at radius 2 is 2.15 bits per heavy atom. The summed E-state index contributed by atoms with van der Waals surface area (Å²) in [7, 11) is 0. The van der Waals surface area contributed by atoms with E-state index in [1.54, 1.807) is 18.0 Å². The third-order valence-corrected chi connectivity index (χ3v) is 4.93. The lowest BCUT2D eigenvalue weighted by Crippen LogP contribution is -2.00. The van der Waals surface area contributed by atoms with Gasteiger partial charge < -0.3 is 4.42 Å². The molecule has 0 aromatic carbocycles. The highest BCUT2D eigenvalue weighted by molar-refractivity contribution is 7.98. The Balaban J connectivity index is 1.60. The summed E-state index contributed by atoms with van der Waals surface area (Å²) in [6.07, 6.45) is 5.47. The Kier molecular flexibility index (Phi) is 4.34. The maximum atomic E-state index is 5.46. The molecule has 0 spiro atoms. The highest BCUT2D eigenvalue weighted by Crippen LogP contribution is 2.26. The van der Waals surface area contributed by atoms with Crippen molar-refractivity contribution >= 4 is 17.5 Å². The molecule has 0 radical (unpaired) electrons. The van der Waals surface area contributed by atoms with Gasteiger partial charge in [-0.25, -0.2) is 9.97 Å². The first-order valence-corrected chi connectivity index (χ1v) is 9.17. The van der Waals surface area contributed by atoms with E-state index < -0.39 is 0 Å². The van der Waals surface area contributed by atoms with Crippen LogP contribution in [0.15, 0.2) is 52.9 Å². The summed E-state index contributed by atoms with van der Waals surface area (Å²) in [4.78, 5) is 9.10. The molecule has 0 aliphatic heterocycles. The third-order valence-electron chi connectivity index (χ3n) is 3.93. The van der Waals surface area contributed by atoms with Gasteiger partial charge in [-0.3, -0.25) is 8.97 Å². The van der Waals surface area contributed by atoms with Crippen molar-refractivity contribution in [2.75, 3.05) is 0 Å². The summed E-state index contributed by atoms with van der Waals surface area (Å²) >= 11 is 1.58. The number of thioether (sulfide) groups is 1. The van der Waals surface area contributed by atoms with E-state index >= 15 is 0 Å². The summed E-state index contributed by atoms with van der Waals surface area (Å²) in [6, 6.07) is 5.75. The summed E-state index contributed by atoms with van der Waals surface area (Å²) < 4.78 is 9.45.